The predicted molar refractivity (Wildman–Crippen MR) is 96.6 cm³/mol. The molecule has 0 saturated heterocycles. The molecule has 0 unspecified atom stereocenters. The number of hydrogen-bond donors (Lipinski definition) is 1. The molecule has 0 radical (unpaired) electrons. The van der Waals surface area contributed by atoms with Crippen molar-refractivity contribution in [1.29, 1.82) is 5.26 Å². The predicted octanol–water partition coefficient (Wildman–Crippen LogP) is 3.01. The Bertz CT molecular complexity index is 809. The summed E-state index contributed by atoms with van der Waals surface area (Å²) >= 11 is 0. The van der Waals surface area contributed by atoms with Crippen LogP contribution in [0, 0.1) is 18.3 Å². The highest BCUT2D eigenvalue weighted by molar-refractivity contribution is 5.93. The summed E-state index contributed by atoms with van der Waals surface area (Å²) in [6, 6.07) is 16.3. The Morgan fingerprint density at radius 3 is 2.58 bits per heavy atom. The summed E-state index contributed by atoms with van der Waals surface area (Å²) in [7, 11) is 0. The Labute approximate surface area is 152 Å². The Hall–Kier alpha value is -3.33. The maximum atomic E-state index is 11.9. The minimum absolute atomic E-state index is 0.310. The van der Waals surface area contributed by atoms with Crippen LogP contribution in [0.3, 0.4) is 0 Å². The van der Waals surface area contributed by atoms with Gasteiger partial charge in [-0.25, -0.2) is 4.79 Å². The normalized spacial score (nSPS) is 11.1. The van der Waals surface area contributed by atoms with E-state index in [9.17, 15) is 9.59 Å². The Morgan fingerprint density at radius 1 is 1.19 bits per heavy atom. The van der Waals surface area contributed by atoms with E-state index >= 15 is 0 Å². The number of ether oxygens (including phenoxy) is 2. The third-order valence-electron chi connectivity index (χ3n) is 3.50. The monoisotopic (exact) mass is 352 g/mol. The van der Waals surface area contributed by atoms with Crippen LogP contribution in [0.5, 0.6) is 5.75 Å². The van der Waals surface area contributed by atoms with Crippen molar-refractivity contribution in [1.82, 2.24) is 0 Å². The number of esters is 1. The average Bonchev–Trinajstić information content (AvgIpc) is 2.61. The summed E-state index contributed by atoms with van der Waals surface area (Å²) in [4.78, 5) is 23.8. The average molecular weight is 352 g/mol. The molecule has 6 nitrogen and oxygen atoms in total. The molecule has 0 aliphatic rings. The third-order valence-corrected chi connectivity index (χ3v) is 3.50. The van der Waals surface area contributed by atoms with Gasteiger partial charge in [-0.05, 0) is 49.2 Å². The van der Waals surface area contributed by atoms with E-state index in [4.69, 9.17) is 14.7 Å². The van der Waals surface area contributed by atoms with E-state index in [1.165, 1.54) is 0 Å². The van der Waals surface area contributed by atoms with Gasteiger partial charge in [0.15, 0.2) is 12.7 Å². The molecule has 0 heterocycles. The van der Waals surface area contributed by atoms with Crippen molar-refractivity contribution >= 4 is 17.6 Å². The molecule has 0 spiro atoms. The fraction of sp³-hybridized carbons (Fsp3) is 0.250. The Morgan fingerprint density at radius 2 is 1.92 bits per heavy atom. The lowest BCUT2D eigenvalue weighted by Gasteiger charge is -2.14. The first-order chi connectivity index (χ1) is 12.5. The molecule has 2 aromatic rings. The smallest absolute Gasteiger partial charge is 0.347 e. The summed E-state index contributed by atoms with van der Waals surface area (Å²) in [5, 5.41) is 11.3. The van der Waals surface area contributed by atoms with Gasteiger partial charge in [0, 0.05) is 5.69 Å². The lowest BCUT2D eigenvalue weighted by Crippen LogP contribution is -2.29. The first-order valence-electron chi connectivity index (χ1n) is 8.13. The van der Waals surface area contributed by atoms with Gasteiger partial charge in [-0.15, -0.1) is 0 Å². The number of aryl methyl sites for hydroxylation is 1. The van der Waals surface area contributed by atoms with E-state index in [0.29, 0.717) is 17.9 Å². The standard InChI is InChI=1S/C20H20N2O4/c1-14-4-3-5-18(12-14)26-15(2)20(24)25-13-19(23)22-17-8-6-16(7-9-17)10-11-21/h3-9,12,15H,10,13H2,1-2H3,(H,22,23)/t15-/m0/s1. The van der Waals surface area contributed by atoms with Gasteiger partial charge < -0.3 is 14.8 Å². The number of carbonyl (C=O) groups is 2. The van der Waals surface area contributed by atoms with Crippen LogP contribution < -0.4 is 10.1 Å². The number of rotatable bonds is 7. The molecule has 26 heavy (non-hydrogen) atoms. The van der Waals surface area contributed by atoms with Crippen molar-refractivity contribution in [3.8, 4) is 11.8 Å². The van der Waals surface area contributed by atoms with Crippen LogP contribution >= 0.6 is 0 Å². The fourth-order valence-electron chi connectivity index (χ4n) is 2.19. The van der Waals surface area contributed by atoms with Crippen LogP contribution in [-0.4, -0.2) is 24.6 Å². The molecule has 1 atom stereocenters. The van der Waals surface area contributed by atoms with Crippen molar-refractivity contribution in [2.24, 2.45) is 0 Å². The number of carbonyl (C=O) groups excluding carboxylic acids is 2. The molecule has 0 aliphatic carbocycles. The third kappa shape index (κ3) is 5.95. The summed E-state index contributed by atoms with van der Waals surface area (Å²) in [5.41, 5.74) is 2.44. The summed E-state index contributed by atoms with van der Waals surface area (Å²) in [5.74, 6) is -0.503. The second-order valence-corrected chi connectivity index (χ2v) is 5.76. The van der Waals surface area contributed by atoms with E-state index in [1.54, 1.807) is 37.3 Å². The zero-order valence-corrected chi connectivity index (χ0v) is 14.7. The fourth-order valence-corrected chi connectivity index (χ4v) is 2.19. The Kier molecular flexibility index (Phi) is 6.75. The summed E-state index contributed by atoms with van der Waals surface area (Å²) < 4.78 is 10.5. The number of hydrogen-bond acceptors (Lipinski definition) is 5. The van der Waals surface area contributed by atoms with E-state index in [0.717, 1.165) is 11.1 Å². The van der Waals surface area contributed by atoms with E-state index in [1.807, 2.05) is 25.1 Å². The van der Waals surface area contributed by atoms with Crippen LogP contribution in [-0.2, 0) is 20.7 Å². The largest absolute Gasteiger partial charge is 0.479 e. The topological polar surface area (TPSA) is 88.4 Å². The number of nitrogens with one attached hydrogen (secondary N) is 1. The highest BCUT2D eigenvalue weighted by atomic mass is 16.6. The second-order valence-electron chi connectivity index (χ2n) is 5.76. The van der Waals surface area contributed by atoms with Gasteiger partial charge in [0.1, 0.15) is 5.75 Å². The molecule has 134 valence electrons. The molecule has 0 fully saturated rings. The van der Waals surface area contributed by atoms with Crippen LogP contribution in [0.2, 0.25) is 0 Å². The molecular weight excluding hydrogens is 332 g/mol. The first kappa shape index (κ1) is 19.0. The summed E-state index contributed by atoms with van der Waals surface area (Å²) in [6.45, 7) is 3.09. The van der Waals surface area contributed by atoms with E-state index in [-0.39, 0.29) is 0 Å². The molecule has 1 N–H and O–H groups in total. The van der Waals surface area contributed by atoms with E-state index < -0.39 is 24.6 Å². The Balaban J connectivity index is 1.78. The number of benzene rings is 2. The van der Waals surface area contributed by atoms with Crippen molar-refractivity contribution in [3.05, 3.63) is 59.7 Å². The van der Waals surface area contributed by atoms with Gasteiger partial charge in [-0.1, -0.05) is 24.3 Å². The number of nitrogens with zero attached hydrogens (tertiary/aromatic N) is 1. The molecule has 1 amide bonds. The van der Waals surface area contributed by atoms with Crippen molar-refractivity contribution in [2.75, 3.05) is 11.9 Å². The van der Waals surface area contributed by atoms with Crippen LogP contribution in [0.25, 0.3) is 0 Å². The molecule has 6 heteroatoms. The molecule has 0 bridgehead atoms. The lowest BCUT2D eigenvalue weighted by atomic mass is 10.1. The first-order valence-corrected chi connectivity index (χ1v) is 8.13. The molecule has 0 aromatic heterocycles. The van der Waals surface area contributed by atoms with Gasteiger partial charge >= 0.3 is 5.97 Å². The lowest BCUT2D eigenvalue weighted by molar-refractivity contribution is -0.153. The minimum Gasteiger partial charge on any atom is -0.479 e. The molecule has 2 aromatic carbocycles. The quantitative estimate of drug-likeness (QED) is 0.774. The van der Waals surface area contributed by atoms with Gasteiger partial charge in [0.05, 0.1) is 12.5 Å². The maximum Gasteiger partial charge on any atom is 0.347 e. The van der Waals surface area contributed by atoms with Crippen LogP contribution in [0.1, 0.15) is 18.1 Å². The number of anilines is 1. The molecule has 2 rings (SSSR count). The minimum atomic E-state index is -0.824. The van der Waals surface area contributed by atoms with Crippen LogP contribution in [0.15, 0.2) is 48.5 Å². The van der Waals surface area contributed by atoms with Crippen molar-refractivity contribution in [2.45, 2.75) is 26.4 Å². The molecular formula is C20H20N2O4. The van der Waals surface area contributed by atoms with Gasteiger partial charge in [0.2, 0.25) is 0 Å². The second kappa shape index (κ2) is 9.23. The molecule has 0 saturated carbocycles. The van der Waals surface area contributed by atoms with E-state index in [2.05, 4.69) is 11.4 Å². The highest BCUT2D eigenvalue weighted by Crippen LogP contribution is 2.14. The van der Waals surface area contributed by atoms with Crippen LogP contribution in [0.4, 0.5) is 5.69 Å². The zero-order valence-electron chi connectivity index (χ0n) is 14.7. The summed E-state index contributed by atoms with van der Waals surface area (Å²) in [6.07, 6.45) is -0.514. The number of amides is 1. The number of nitriles is 1. The van der Waals surface area contributed by atoms with Gasteiger partial charge in [0.25, 0.3) is 5.91 Å². The molecule has 0 aliphatic heterocycles. The SMILES string of the molecule is Cc1cccc(O[C@@H](C)C(=O)OCC(=O)Nc2ccc(CC#N)cc2)c1. The van der Waals surface area contributed by atoms with Gasteiger partial charge in [-0.3, -0.25) is 4.79 Å². The van der Waals surface area contributed by atoms with Crippen molar-refractivity contribution in [3.63, 3.8) is 0 Å². The van der Waals surface area contributed by atoms with Gasteiger partial charge in [-0.2, -0.15) is 5.26 Å². The van der Waals surface area contributed by atoms with Crippen molar-refractivity contribution < 1.29 is 19.1 Å². The maximum absolute atomic E-state index is 11.9. The highest BCUT2D eigenvalue weighted by Gasteiger charge is 2.18. The zero-order chi connectivity index (χ0) is 18.9.